The average Bonchev–Trinajstić information content (AvgIpc) is 2.89. The number of pyridine rings is 1. The number of aromatic nitrogens is 1. The number of carbonyl (C=O) groups excluding carboxylic acids is 2. The van der Waals surface area contributed by atoms with E-state index in [0.717, 1.165) is 11.3 Å². The maximum atomic E-state index is 12.9. The van der Waals surface area contributed by atoms with Crippen molar-refractivity contribution in [2.45, 2.75) is 33.0 Å². The van der Waals surface area contributed by atoms with Crippen molar-refractivity contribution in [1.29, 1.82) is 0 Å². The second-order valence-corrected chi connectivity index (χ2v) is 8.27. The third-order valence-corrected chi connectivity index (χ3v) is 5.35. The summed E-state index contributed by atoms with van der Waals surface area (Å²) in [7, 11) is 3.03. The maximum Gasteiger partial charge on any atom is 0.252 e. The molecule has 0 aliphatic carbocycles. The zero-order valence-electron chi connectivity index (χ0n) is 20.4. The van der Waals surface area contributed by atoms with Gasteiger partial charge in [0.1, 0.15) is 29.9 Å². The van der Waals surface area contributed by atoms with Crippen molar-refractivity contribution in [3.05, 3.63) is 83.7 Å². The van der Waals surface area contributed by atoms with E-state index in [9.17, 15) is 9.59 Å². The number of ether oxygens (including phenoxy) is 3. The van der Waals surface area contributed by atoms with Gasteiger partial charge < -0.3 is 24.8 Å². The van der Waals surface area contributed by atoms with E-state index in [1.807, 2.05) is 56.3 Å². The highest BCUT2D eigenvalue weighted by Crippen LogP contribution is 2.22. The van der Waals surface area contributed by atoms with E-state index >= 15 is 0 Å². The molecule has 0 fully saturated rings. The van der Waals surface area contributed by atoms with Crippen LogP contribution in [0, 0.1) is 5.92 Å². The van der Waals surface area contributed by atoms with E-state index < -0.39 is 6.04 Å². The third-order valence-electron chi connectivity index (χ3n) is 5.35. The van der Waals surface area contributed by atoms with Gasteiger partial charge in [-0.05, 0) is 47.9 Å². The second kappa shape index (κ2) is 12.4. The molecule has 1 atom stereocenters. The van der Waals surface area contributed by atoms with Crippen molar-refractivity contribution in [2.75, 3.05) is 14.2 Å². The molecule has 8 nitrogen and oxygen atoms in total. The van der Waals surface area contributed by atoms with Crippen LogP contribution in [-0.4, -0.2) is 37.1 Å². The monoisotopic (exact) mass is 477 g/mol. The molecule has 184 valence electrons. The second-order valence-electron chi connectivity index (χ2n) is 8.27. The van der Waals surface area contributed by atoms with Gasteiger partial charge in [0.25, 0.3) is 5.91 Å². The Morgan fingerprint density at radius 2 is 1.60 bits per heavy atom. The van der Waals surface area contributed by atoms with Gasteiger partial charge in [-0.1, -0.05) is 32.0 Å². The molecule has 0 aliphatic rings. The van der Waals surface area contributed by atoms with Gasteiger partial charge in [-0.25, -0.2) is 0 Å². The molecule has 3 rings (SSSR count). The van der Waals surface area contributed by atoms with Crippen LogP contribution in [0.1, 0.15) is 35.5 Å². The number of amides is 2. The molecular formula is C27H31N3O5. The van der Waals surface area contributed by atoms with Crippen LogP contribution in [0.25, 0.3) is 0 Å². The largest absolute Gasteiger partial charge is 0.497 e. The number of methoxy groups -OCH3 is 2. The summed E-state index contributed by atoms with van der Waals surface area (Å²) in [5, 5.41) is 5.73. The molecule has 2 N–H and O–H groups in total. The number of hydrogen-bond donors (Lipinski definition) is 2. The molecule has 1 heterocycles. The normalized spacial score (nSPS) is 11.5. The zero-order valence-corrected chi connectivity index (χ0v) is 20.4. The van der Waals surface area contributed by atoms with E-state index in [2.05, 4.69) is 15.6 Å². The van der Waals surface area contributed by atoms with E-state index in [1.54, 1.807) is 24.4 Å². The van der Waals surface area contributed by atoms with Gasteiger partial charge in [-0.15, -0.1) is 0 Å². The van der Waals surface area contributed by atoms with E-state index in [4.69, 9.17) is 14.2 Å². The molecule has 3 aromatic rings. The Hall–Kier alpha value is -4.07. The van der Waals surface area contributed by atoms with Gasteiger partial charge >= 0.3 is 0 Å². The number of nitrogens with one attached hydrogen (secondary N) is 2. The van der Waals surface area contributed by atoms with Crippen molar-refractivity contribution >= 4 is 11.8 Å². The fourth-order valence-corrected chi connectivity index (χ4v) is 3.34. The molecule has 0 radical (unpaired) electrons. The standard InChI is InChI=1S/C27H31N3O5/c1-18(2)25(30-26(31)20-13-23(33-3)15-24(14-20)34-4)27(32)29-16-19-8-10-22(11-9-19)35-17-21-7-5-6-12-28-21/h5-15,18,25H,16-17H2,1-4H3,(H,29,32)(H,30,31). The number of benzene rings is 2. The zero-order chi connectivity index (χ0) is 25.2. The Bertz CT molecular complexity index is 1100. The van der Waals surface area contributed by atoms with Crippen LogP contribution in [0.4, 0.5) is 0 Å². The molecule has 0 bridgehead atoms. The van der Waals surface area contributed by atoms with Crippen LogP contribution in [0.15, 0.2) is 66.9 Å². The first-order valence-electron chi connectivity index (χ1n) is 11.3. The number of nitrogens with zero attached hydrogens (tertiary/aromatic N) is 1. The van der Waals surface area contributed by atoms with Crippen LogP contribution in [0.2, 0.25) is 0 Å². The molecule has 1 unspecified atom stereocenters. The van der Waals surface area contributed by atoms with Crippen LogP contribution in [-0.2, 0) is 17.9 Å². The van der Waals surface area contributed by atoms with Crippen molar-refractivity contribution in [3.63, 3.8) is 0 Å². The van der Waals surface area contributed by atoms with Gasteiger partial charge in [-0.2, -0.15) is 0 Å². The molecule has 0 spiro atoms. The molecule has 0 saturated carbocycles. The minimum atomic E-state index is -0.708. The van der Waals surface area contributed by atoms with E-state index in [-0.39, 0.29) is 17.7 Å². The molecule has 35 heavy (non-hydrogen) atoms. The van der Waals surface area contributed by atoms with Crippen LogP contribution in [0.3, 0.4) is 0 Å². The highest BCUT2D eigenvalue weighted by atomic mass is 16.5. The highest BCUT2D eigenvalue weighted by molar-refractivity contribution is 5.98. The number of carbonyl (C=O) groups is 2. The summed E-state index contributed by atoms with van der Waals surface area (Å²) in [6.07, 6.45) is 1.73. The molecule has 0 saturated heterocycles. The Morgan fingerprint density at radius 3 is 2.17 bits per heavy atom. The first-order valence-corrected chi connectivity index (χ1v) is 11.3. The average molecular weight is 478 g/mol. The van der Waals surface area contributed by atoms with Gasteiger partial charge in [0.2, 0.25) is 5.91 Å². The maximum absolute atomic E-state index is 12.9. The van der Waals surface area contributed by atoms with Crippen molar-refractivity contribution < 1.29 is 23.8 Å². The molecule has 2 amide bonds. The Morgan fingerprint density at radius 1 is 0.914 bits per heavy atom. The SMILES string of the molecule is COc1cc(OC)cc(C(=O)NC(C(=O)NCc2ccc(OCc3ccccn3)cc2)C(C)C)c1. The van der Waals surface area contributed by atoms with Crippen LogP contribution in [0.5, 0.6) is 17.2 Å². The number of rotatable bonds is 11. The Balaban J connectivity index is 1.56. The summed E-state index contributed by atoms with van der Waals surface area (Å²) in [6, 6.07) is 17.3. The minimum absolute atomic E-state index is 0.117. The summed E-state index contributed by atoms with van der Waals surface area (Å²) in [5.74, 6) is 0.935. The fourth-order valence-electron chi connectivity index (χ4n) is 3.34. The van der Waals surface area contributed by atoms with Gasteiger partial charge in [0.05, 0.1) is 19.9 Å². The van der Waals surface area contributed by atoms with Gasteiger partial charge in [0.15, 0.2) is 0 Å². The molecular weight excluding hydrogens is 446 g/mol. The molecule has 1 aromatic heterocycles. The summed E-state index contributed by atoms with van der Waals surface area (Å²) in [6.45, 7) is 4.46. The molecule has 0 aliphatic heterocycles. The van der Waals surface area contributed by atoms with Crippen molar-refractivity contribution in [2.24, 2.45) is 5.92 Å². The fraction of sp³-hybridized carbons (Fsp3) is 0.296. The Labute approximate surface area is 205 Å². The smallest absolute Gasteiger partial charge is 0.252 e. The lowest BCUT2D eigenvalue weighted by Crippen LogP contribution is -2.49. The summed E-state index contributed by atoms with van der Waals surface area (Å²) in [4.78, 5) is 30.0. The van der Waals surface area contributed by atoms with Crippen molar-refractivity contribution in [1.82, 2.24) is 15.6 Å². The predicted molar refractivity (Wildman–Crippen MR) is 132 cm³/mol. The topological polar surface area (TPSA) is 98.8 Å². The Kier molecular flexibility index (Phi) is 9.06. The lowest BCUT2D eigenvalue weighted by molar-refractivity contribution is -0.124. The van der Waals surface area contributed by atoms with E-state index in [0.29, 0.717) is 36.0 Å². The van der Waals surface area contributed by atoms with Crippen LogP contribution >= 0.6 is 0 Å². The molecule has 8 heteroatoms. The lowest BCUT2D eigenvalue weighted by Gasteiger charge is -2.22. The molecule has 2 aromatic carbocycles. The minimum Gasteiger partial charge on any atom is -0.497 e. The van der Waals surface area contributed by atoms with Crippen LogP contribution < -0.4 is 24.8 Å². The van der Waals surface area contributed by atoms with Gasteiger partial charge in [0, 0.05) is 24.4 Å². The summed E-state index contributed by atoms with van der Waals surface area (Å²) < 4.78 is 16.2. The number of hydrogen-bond acceptors (Lipinski definition) is 6. The highest BCUT2D eigenvalue weighted by Gasteiger charge is 2.25. The van der Waals surface area contributed by atoms with Gasteiger partial charge in [-0.3, -0.25) is 14.6 Å². The summed E-state index contributed by atoms with van der Waals surface area (Å²) in [5.41, 5.74) is 2.11. The first kappa shape index (κ1) is 25.6. The van der Waals surface area contributed by atoms with Crippen molar-refractivity contribution in [3.8, 4) is 17.2 Å². The first-order chi connectivity index (χ1) is 16.9. The third kappa shape index (κ3) is 7.46. The summed E-state index contributed by atoms with van der Waals surface area (Å²) >= 11 is 0. The lowest BCUT2D eigenvalue weighted by atomic mass is 10.0. The van der Waals surface area contributed by atoms with E-state index in [1.165, 1.54) is 14.2 Å². The predicted octanol–water partition coefficient (Wildman–Crippen LogP) is 3.75. The quantitative estimate of drug-likeness (QED) is 0.437.